The molecule has 0 aromatic carbocycles. The number of hydrogen-bond donors (Lipinski definition) is 1. The van der Waals surface area contributed by atoms with Gasteiger partial charge in [0.15, 0.2) is 5.65 Å². The molecule has 0 radical (unpaired) electrons. The molecule has 4 heterocycles. The number of likely N-dealkylation sites (tertiary alicyclic amines) is 1. The van der Waals surface area contributed by atoms with Crippen LogP contribution in [0.1, 0.15) is 38.1 Å². The van der Waals surface area contributed by atoms with Crippen LogP contribution in [0.15, 0.2) is 36.0 Å². The quantitative estimate of drug-likeness (QED) is 0.777. The number of aromatic nitrogens is 3. The van der Waals surface area contributed by atoms with Gasteiger partial charge >= 0.3 is 0 Å². The summed E-state index contributed by atoms with van der Waals surface area (Å²) in [6.45, 7) is 1.36. The molecule has 25 heavy (non-hydrogen) atoms. The molecule has 0 bridgehead atoms. The number of amides is 2. The standard InChI is InChI=1S/C17H17N5O2S/c1-18-16(23)12-9-20-22-13(4-6-19-15(12)22)11-5-7-21(10-11)17(24)14-3-2-8-25-14/h2-4,6,8-9,11H,5,7,10H2,1H3,(H,18,23). The van der Waals surface area contributed by atoms with E-state index in [1.807, 2.05) is 28.5 Å². The lowest BCUT2D eigenvalue weighted by atomic mass is 10.0. The van der Waals surface area contributed by atoms with Crippen LogP contribution in [0.5, 0.6) is 0 Å². The SMILES string of the molecule is CNC(=O)c1cnn2c(C3CCN(C(=O)c4cccs4)C3)ccnc12. The van der Waals surface area contributed by atoms with Gasteiger partial charge in [-0.15, -0.1) is 11.3 Å². The molecule has 128 valence electrons. The molecule has 1 fully saturated rings. The second-order valence-electron chi connectivity index (χ2n) is 5.96. The van der Waals surface area contributed by atoms with Crippen molar-refractivity contribution in [3.63, 3.8) is 0 Å². The van der Waals surface area contributed by atoms with Gasteiger partial charge < -0.3 is 10.2 Å². The lowest BCUT2D eigenvalue weighted by Gasteiger charge is -2.16. The van der Waals surface area contributed by atoms with Gasteiger partial charge in [0, 0.05) is 32.3 Å². The van der Waals surface area contributed by atoms with Crippen molar-refractivity contribution in [2.75, 3.05) is 20.1 Å². The number of hydrogen-bond acceptors (Lipinski definition) is 5. The molecular weight excluding hydrogens is 338 g/mol. The van der Waals surface area contributed by atoms with Crippen LogP contribution in [0.3, 0.4) is 0 Å². The van der Waals surface area contributed by atoms with E-state index in [0.29, 0.717) is 17.8 Å². The van der Waals surface area contributed by atoms with E-state index in [2.05, 4.69) is 15.4 Å². The topological polar surface area (TPSA) is 79.6 Å². The highest BCUT2D eigenvalue weighted by Crippen LogP contribution is 2.29. The molecule has 2 amide bonds. The Hall–Kier alpha value is -2.74. The molecule has 3 aromatic rings. The van der Waals surface area contributed by atoms with Crippen LogP contribution >= 0.6 is 11.3 Å². The number of nitrogens with zero attached hydrogens (tertiary/aromatic N) is 4. The fraction of sp³-hybridized carbons (Fsp3) is 0.294. The Kier molecular flexibility index (Phi) is 3.96. The zero-order valence-corrected chi connectivity index (χ0v) is 14.5. The van der Waals surface area contributed by atoms with Crippen LogP contribution < -0.4 is 5.32 Å². The van der Waals surface area contributed by atoms with Gasteiger partial charge in [-0.1, -0.05) is 6.07 Å². The van der Waals surface area contributed by atoms with E-state index < -0.39 is 0 Å². The number of carbonyl (C=O) groups excluding carboxylic acids is 2. The molecule has 4 rings (SSSR count). The summed E-state index contributed by atoms with van der Waals surface area (Å²) in [6, 6.07) is 5.66. The zero-order chi connectivity index (χ0) is 17.4. The summed E-state index contributed by atoms with van der Waals surface area (Å²) in [6.07, 6.45) is 4.10. The van der Waals surface area contributed by atoms with Gasteiger partial charge in [0.2, 0.25) is 0 Å². The minimum absolute atomic E-state index is 0.0781. The number of rotatable bonds is 3. The molecule has 1 saturated heterocycles. The Balaban J connectivity index is 1.62. The smallest absolute Gasteiger partial charge is 0.263 e. The van der Waals surface area contributed by atoms with Crippen molar-refractivity contribution in [2.24, 2.45) is 0 Å². The summed E-state index contributed by atoms with van der Waals surface area (Å²) in [5, 5.41) is 8.86. The molecule has 1 N–H and O–H groups in total. The minimum atomic E-state index is -0.208. The maximum atomic E-state index is 12.5. The zero-order valence-electron chi connectivity index (χ0n) is 13.7. The van der Waals surface area contributed by atoms with Crippen LogP contribution in [0.4, 0.5) is 0 Å². The maximum absolute atomic E-state index is 12.5. The van der Waals surface area contributed by atoms with Gasteiger partial charge in [-0.05, 0) is 23.9 Å². The van der Waals surface area contributed by atoms with Gasteiger partial charge in [-0.2, -0.15) is 5.10 Å². The average Bonchev–Trinajstić information content (AvgIpc) is 3.40. The first kappa shape index (κ1) is 15.8. The maximum Gasteiger partial charge on any atom is 0.263 e. The van der Waals surface area contributed by atoms with Crippen LogP contribution in [-0.4, -0.2) is 51.4 Å². The third-order valence-electron chi connectivity index (χ3n) is 4.53. The fourth-order valence-corrected chi connectivity index (χ4v) is 3.95. The fourth-order valence-electron chi connectivity index (χ4n) is 3.26. The van der Waals surface area contributed by atoms with Gasteiger partial charge in [0.05, 0.1) is 16.8 Å². The van der Waals surface area contributed by atoms with Gasteiger partial charge in [0.1, 0.15) is 5.56 Å². The normalized spacial score (nSPS) is 17.2. The van der Waals surface area contributed by atoms with Crippen molar-refractivity contribution < 1.29 is 9.59 Å². The Labute approximate surface area is 148 Å². The molecule has 1 aliphatic heterocycles. The summed E-state index contributed by atoms with van der Waals surface area (Å²) >= 11 is 1.46. The van der Waals surface area contributed by atoms with E-state index in [1.165, 1.54) is 17.5 Å². The highest BCUT2D eigenvalue weighted by atomic mass is 32.1. The molecule has 1 unspecified atom stereocenters. The molecule has 0 spiro atoms. The summed E-state index contributed by atoms with van der Waals surface area (Å²) in [4.78, 5) is 31.4. The van der Waals surface area contributed by atoms with E-state index >= 15 is 0 Å². The predicted molar refractivity (Wildman–Crippen MR) is 94.0 cm³/mol. The van der Waals surface area contributed by atoms with Gasteiger partial charge in [-0.25, -0.2) is 9.50 Å². The van der Waals surface area contributed by atoms with E-state index in [-0.39, 0.29) is 17.7 Å². The molecule has 0 aliphatic carbocycles. The first-order chi connectivity index (χ1) is 12.2. The van der Waals surface area contributed by atoms with Crippen molar-refractivity contribution >= 4 is 28.8 Å². The van der Waals surface area contributed by atoms with Crippen molar-refractivity contribution in [1.29, 1.82) is 0 Å². The highest BCUT2D eigenvalue weighted by molar-refractivity contribution is 7.12. The lowest BCUT2D eigenvalue weighted by Crippen LogP contribution is -2.28. The summed E-state index contributed by atoms with van der Waals surface area (Å²) in [5.74, 6) is 0.0433. The lowest BCUT2D eigenvalue weighted by molar-refractivity contribution is 0.0795. The van der Waals surface area contributed by atoms with E-state index in [9.17, 15) is 9.59 Å². The molecule has 8 heteroatoms. The van der Waals surface area contributed by atoms with Crippen LogP contribution in [-0.2, 0) is 0 Å². The highest BCUT2D eigenvalue weighted by Gasteiger charge is 2.30. The molecule has 1 aliphatic rings. The van der Waals surface area contributed by atoms with Crippen molar-refractivity contribution in [3.8, 4) is 0 Å². The summed E-state index contributed by atoms with van der Waals surface area (Å²) in [7, 11) is 1.58. The van der Waals surface area contributed by atoms with Gasteiger partial charge in [-0.3, -0.25) is 9.59 Å². The monoisotopic (exact) mass is 355 g/mol. The molecule has 7 nitrogen and oxygen atoms in total. The molecule has 1 atom stereocenters. The Morgan fingerprint density at radius 3 is 3.00 bits per heavy atom. The van der Waals surface area contributed by atoms with E-state index in [1.54, 1.807) is 17.8 Å². The predicted octanol–water partition coefficient (Wildman–Crippen LogP) is 1.78. The van der Waals surface area contributed by atoms with Crippen LogP contribution in [0.2, 0.25) is 0 Å². The second-order valence-corrected chi connectivity index (χ2v) is 6.90. The molecular formula is C17H17N5O2S. The Morgan fingerprint density at radius 2 is 2.24 bits per heavy atom. The van der Waals surface area contributed by atoms with Crippen molar-refractivity contribution in [1.82, 2.24) is 24.8 Å². The summed E-state index contributed by atoms with van der Waals surface area (Å²) < 4.78 is 1.72. The third-order valence-corrected chi connectivity index (χ3v) is 5.39. The largest absolute Gasteiger partial charge is 0.355 e. The molecule has 3 aromatic heterocycles. The van der Waals surface area contributed by atoms with Gasteiger partial charge in [0.25, 0.3) is 11.8 Å². The first-order valence-electron chi connectivity index (χ1n) is 8.06. The van der Waals surface area contributed by atoms with Crippen LogP contribution in [0, 0.1) is 0 Å². The van der Waals surface area contributed by atoms with E-state index in [4.69, 9.17) is 0 Å². The minimum Gasteiger partial charge on any atom is -0.355 e. The van der Waals surface area contributed by atoms with Crippen molar-refractivity contribution in [3.05, 3.63) is 52.1 Å². The van der Waals surface area contributed by atoms with Crippen LogP contribution in [0.25, 0.3) is 5.65 Å². The number of fused-ring (bicyclic) bond motifs is 1. The number of nitrogens with one attached hydrogen (secondary N) is 1. The van der Waals surface area contributed by atoms with E-state index in [0.717, 1.165) is 23.5 Å². The Morgan fingerprint density at radius 1 is 1.36 bits per heavy atom. The second kappa shape index (κ2) is 6.29. The first-order valence-corrected chi connectivity index (χ1v) is 8.94. The number of carbonyl (C=O) groups is 2. The van der Waals surface area contributed by atoms with Crippen molar-refractivity contribution in [2.45, 2.75) is 12.3 Å². The average molecular weight is 355 g/mol. The summed E-state index contributed by atoms with van der Waals surface area (Å²) in [5.41, 5.74) is 1.97. The number of thiophene rings is 1. The Bertz CT molecular complexity index is 934. The third kappa shape index (κ3) is 2.68. The molecule has 0 saturated carbocycles.